The first-order valence-corrected chi connectivity index (χ1v) is 20.4. The van der Waals surface area contributed by atoms with E-state index in [1.165, 1.54) is 19.2 Å². The molecular weight excluding hydrogens is 783 g/mol. The molecule has 12 heteroatoms. The average molecular weight is 835 g/mol. The van der Waals surface area contributed by atoms with E-state index in [9.17, 15) is 5.11 Å². The summed E-state index contributed by atoms with van der Waals surface area (Å²) < 4.78 is 77.1. The van der Waals surface area contributed by atoms with Crippen LogP contribution < -0.4 is 9.47 Å². The predicted molar refractivity (Wildman–Crippen MR) is 225 cm³/mol. The number of halogens is 2. The third-order valence-electron chi connectivity index (χ3n) is 10.6. The third-order valence-corrected chi connectivity index (χ3v) is 10.6. The molecule has 61 heavy (non-hydrogen) atoms. The van der Waals surface area contributed by atoms with Gasteiger partial charge >= 0.3 is 5.97 Å². The van der Waals surface area contributed by atoms with E-state index in [1.54, 1.807) is 4.68 Å². The fraction of sp³-hybridized carbons (Fsp3) is 0.327. The molecule has 1 fully saturated rings. The van der Waals surface area contributed by atoms with E-state index in [2.05, 4.69) is 0 Å². The molecule has 0 spiro atoms. The van der Waals surface area contributed by atoms with Crippen LogP contribution in [0.2, 0.25) is 0 Å². The molecule has 2 heterocycles. The minimum atomic E-state index is -2.59. The van der Waals surface area contributed by atoms with Crippen molar-refractivity contribution in [3.8, 4) is 11.6 Å². The molecule has 5 aromatic carbocycles. The minimum absolute atomic E-state index is 0.0358. The molecule has 320 valence electrons. The minimum Gasteiger partial charge on any atom is -0.494 e. The second-order valence-electron chi connectivity index (χ2n) is 15.3. The summed E-state index contributed by atoms with van der Waals surface area (Å²) in [5, 5.41) is 17.8. The van der Waals surface area contributed by atoms with Gasteiger partial charge in [0, 0.05) is 23.7 Å². The number of aliphatic hydroxyl groups is 1. The fourth-order valence-corrected chi connectivity index (χ4v) is 7.41. The van der Waals surface area contributed by atoms with Crippen molar-refractivity contribution in [2.75, 3.05) is 13.7 Å². The molecule has 1 aromatic heterocycles. The number of methoxy groups -OCH3 is 1. The van der Waals surface area contributed by atoms with E-state index in [1.807, 2.05) is 142 Å². The summed E-state index contributed by atoms with van der Waals surface area (Å²) >= 11 is 0. The lowest BCUT2D eigenvalue weighted by Gasteiger charge is -2.49. The number of nitrogens with zero attached hydrogens (tertiary/aromatic N) is 2. The maximum absolute atomic E-state index is 15.6. The topological polar surface area (TPSA) is 103 Å². The van der Waals surface area contributed by atoms with Gasteiger partial charge < -0.3 is 38.3 Å². The molecule has 1 N–H and O–H groups in total. The van der Waals surface area contributed by atoms with Crippen molar-refractivity contribution in [2.24, 2.45) is 0 Å². The molecule has 0 unspecified atom stereocenters. The summed E-state index contributed by atoms with van der Waals surface area (Å²) in [6, 6.07) is 41.2. The Kier molecular flexibility index (Phi) is 14.6. The number of hydrogen-bond donors (Lipinski definition) is 1. The number of aromatic nitrogens is 2. The first-order valence-electron chi connectivity index (χ1n) is 20.4. The van der Waals surface area contributed by atoms with E-state index in [-0.39, 0.29) is 62.7 Å². The smallest absolute Gasteiger partial charge is 0.356 e. The number of ether oxygens (including phenoxy) is 7. The Labute approximate surface area is 355 Å². The van der Waals surface area contributed by atoms with Gasteiger partial charge in [-0.25, -0.2) is 4.39 Å². The summed E-state index contributed by atoms with van der Waals surface area (Å²) in [5.41, 5.74) is 4.60. The second-order valence-corrected chi connectivity index (χ2v) is 15.3. The van der Waals surface area contributed by atoms with E-state index in [4.69, 9.17) is 38.3 Å². The standard InChI is InChI=1S/C49H52F2N2O8/c1-33(2)53-34(3)40(27-39-25-26-41(55-4)44(51)43(39)50)48(52-53)61-49(54)47(59-31-38-23-15-8-16-24-38)46(58-30-37-21-13-7-14-22-37)45(57-29-36-19-11-6-12-20-36)42(60-49)32-56-28-35-17-9-5-10-18-35/h5-26,33,42,45-47,54H,27-32H2,1-4H3/t42-,45-,46+,47-,49-/m1/s1. The molecule has 0 saturated carbocycles. The van der Waals surface area contributed by atoms with Crippen LogP contribution in [0.15, 0.2) is 133 Å². The summed E-state index contributed by atoms with van der Waals surface area (Å²) in [5.74, 6) is -5.06. The highest BCUT2D eigenvalue weighted by molar-refractivity contribution is 5.40. The van der Waals surface area contributed by atoms with Crippen LogP contribution in [-0.2, 0) is 56.5 Å². The SMILES string of the molecule is COc1ccc(Cc2c(O[C@]3(O)O[C@H](COCc4ccccc4)[C@@H](OCc4ccccc4)[C@H](OCc4ccccc4)[C@H]3OCc3ccccc3)nn(C(C)C)c2C)c(F)c1F. The Hall–Kier alpha value is -5.47. The van der Waals surface area contributed by atoms with Gasteiger partial charge in [-0.2, -0.15) is 4.39 Å². The maximum atomic E-state index is 15.6. The largest absolute Gasteiger partial charge is 0.494 e. The van der Waals surface area contributed by atoms with E-state index in [0.29, 0.717) is 11.3 Å². The van der Waals surface area contributed by atoms with Gasteiger partial charge in [0.25, 0.3) is 0 Å². The number of benzene rings is 5. The van der Waals surface area contributed by atoms with Crippen molar-refractivity contribution in [1.29, 1.82) is 0 Å². The van der Waals surface area contributed by atoms with Crippen LogP contribution in [0.3, 0.4) is 0 Å². The number of hydrogen-bond acceptors (Lipinski definition) is 9. The molecule has 1 saturated heterocycles. The molecule has 10 nitrogen and oxygen atoms in total. The molecular formula is C49H52F2N2O8. The summed E-state index contributed by atoms with van der Waals surface area (Å²) in [6.07, 6.45) is -4.38. The van der Waals surface area contributed by atoms with Crippen molar-refractivity contribution in [3.63, 3.8) is 0 Å². The van der Waals surface area contributed by atoms with Crippen molar-refractivity contribution in [2.45, 2.75) is 90.1 Å². The van der Waals surface area contributed by atoms with Crippen LogP contribution in [0.25, 0.3) is 0 Å². The zero-order valence-corrected chi connectivity index (χ0v) is 34.8. The van der Waals surface area contributed by atoms with Gasteiger partial charge in [-0.3, -0.25) is 4.68 Å². The fourth-order valence-electron chi connectivity index (χ4n) is 7.41. The monoisotopic (exact) mass is 834 g/mol. The molecule has 0 aliphatic carbocycles. The van der Waals surface area contributed by atoms with Gasteiger partial charge in [0.2, 0.25) is 11.7 Å². The van der Waals surface area contributed by atoms with Crippen LogP contribution >= 0.6 is 0 Å². The highest BCUT2D eigenvalue weighted by atomic mass is 19.2. The molecule has 1 aliphatic heterocycles. The van der Waals surface area contributed by atoms with E-state index >= 15 is 8.78 Å². The Morgan fingerprint density at radius 3 is 1.72 bits per heavy atom. The van der Waals surface area contributed by atoms with Crippen molar-refractivity contribution in [1.82, 2.24) is 9.78 Å². The lowest BCUT2D eigenvalue weighted by Crippen LogP contribution is -2.69. The molecule has 6 aromatic rings. The van der Waals surface area contributed by atoms with Crippen molar-refractivity contribution in [3.05, 3.63) is 184 Å². The maximum Gasteiger partial charge on any atom is 0.356 e. The first kappa shape index (κ1) is 43.6. The first-order chi connectivity index (χ1) is 29.6. The zero-order chi connectivity index (χ0) is 42.8. The van der Waals surface area contributed by atoms with Crippen molar-refractivity contribution < 1.29 is 47.0 Å². The summed E-state index contributed by atoms with van der Waals surface area (Å²) in [4.78, 5) is 0. The van der Waals surface area contributed by atoms with Gasteiger partial charge in [-0.05, 0) is 54.7 Å². The van der Waals surface area contributed by atoms with Gasteiger partial charge in [-0.15, -0.1) is 5.10 Å². The van der Waals surface area contributed by atoms with Gasteiger partial charge in [0.1, 0.15) is 18.3 Å². The Morgan fingerprint density at radius 2 is 1.20 bits per heavy atom. The van der Waals surface area contributed by atoms with Crippen LogP contribution in [0.4, 0.5) is 8.78 Å². The zero-order valence-electron chi connectivity index (χ0n) is 34.8. The average Bonchev–Trinajstić information content (AvgIpc) is 3.58. The van der Waals surface area contributed by atoms with Crippen LogP contribution in [-0.4, -0.2) is 59.0 Å². The molecule has 0 amide bonds. The third kappa shape index (κ3) is 10.7. The number of rotatable bonds is 19. The Balaban J connectivity index is 1.31. The Bertz CT molecular complexity index is 2280. The molecule has 1 aliphatic rings. The van der Waals surface area contributed by atoms with Gasteiger partial charge in [0.15, 0.2) is 17.7 Å². The van der Waals surface area contributed by atoms with Crippen LogP contribution in [0.5, 0.6) is 11.6 Å². The highest BCUT2D eigenvalue weighted by Gasteiger charge is 2.59. The summed E-state index contributed by atoms with van der Waals surface area (Å²) in [7, 11) is 1.27. The molecule has 0 radical (unpaired) electrons. The van der Waals surface area contributed by atoms with Gasteiger partial charge in [0.05, 0.1) is 40.1 Å². The Morgan fingerprint density at radius 1 is 0.689 bits per heavy atom. The van der Waals surface area contributed by atoms with E-state index < -0.39 is 42.0 Å². The molecule has 7 rings (SSSR count). The summed E-state index contributed by atoms with van der Waals surface area (Å²) in [6.45, 7) is 6.23. The molecule has 5 atom stereocenters. The van der Waals surface area contributed by atoms with Crippen LogP contribution in [0, 0.1) is 18.6 Å². The lowest BCUT2D eigenvalue weighted by atomic mass is 9.96. The molecule has 0 bridgehead atoms. The highest BCUT2D eigenvalue weighted by Crippen LogP contribution is 2.39. The lowest BCUT2D eigenvalue weighted by molar-refractivity contribution is -0.436. The van der Waals surface area contributed by atoms with Crippen molar-refractivity contribution >= 4 is 0 Å². The second kappa shape index (κ2) is 20.4. The predicted octanol–water partition coefficient (Wildman–Crippen LogP) is 9.05. The van der Waals surface area contributed by atoms with Crippen LogP contribution in [0.1, 0.15) is 59.0 Å². The van der Waals surface area contributed by atoms with E-state index in [0.717, 1.165) is 22.3 Å². The normalized spacial score (nSPS) is 20.2. The van der Waals surface area contributed by atoms with Gasteiger partial charge in [-0.1, -0.05) is 127 Å². The quantitative estimate of drug-likeness (QED) is 0.0802.